The molecule has 0 saturated heterocycles. The topological polar surface area (TPSA) is 75.1 Å². The second kappa shape index (κ2) is 8.18. The lowest BCUT2D eigenvalue weighted by atomic mass is 10.2. The van der Waals surface area contributed by atoms with Gasteiger partial charge in [0, 0.05) is 29.8 Å². The number of non-ortho nitro benzene ring substituents is 1. The van der Waals surface area contributed by atoms with Crippen LogP contribution >= 0.6 is 35.4 Å². The number of hydrogen-bond donors (Lipinski definition) is 0. The molecule has 0 radical (unpaired) electrons. The number of hydrogen-bond acceptors (Lipinski definition) is 5. The van der Waals surface area contributed by atoms with E-state index in [-0.39, 0.29) is 10.7 Å². The number of nitro groups is 1. The highest BCUT2D eigenvalue weighted by molar-refractivity contribution is 7.71. The van der Waals surface area contributed by atoms with E-state index >= 15 is 0 Å². The third-order valence-corrected chi connectivity index (χ3v) is 4.77. The van der Waals surface area contributed by atoms with Crippen LogP contribution in [0.5, 0.6) is 0 Å². The molecule has 0 atom stereocenters. The SMILES string of the molecule is COCCn1c(-c2cccc(Cl)c2)nn(-c2ccc([N+](=O)[O-])cc2Cl)c1=S. The van der Waals surface area contributed by atoms with Gasteiger partial charge in [0.1, 0.15) is 0 Å². The summed E-state index contributed by atoms with van der Waals surface area (Å²) in [6.07, 6.45) is 0. The molecule has 0 unspecified atom stereocenters. The smallest absolute Gasteiger partial charge is 0.271 e. The molecule has 10 heteroatoms. The third kappa shape index (κ3) is 4.03. The second-order valence-electron chi connectivity index (χ2n) is 5.57. The second-order valence-corrected chi connectivity index (χ2v) is 6.77. The molecule has 3 rings (SSSR count). The fourth-order valence-electron chi connectivity index (χ4n) is 2.56. The van der Waals surface area contributed by atoms with Crippen LogP contribution in [0.15, 0.2) is 42.5 Å². The minimum Gasteiger partial charge on any atom is -0.383 e. The summed E-state index contributed by atoms with van der Waals surface area (Å²) in [6.45, 7) is 0.906. The van der Waals surface area contributed by atoms with Crippen LogP contribution in [0.2, 0.25) is 10.0 Å². The summed E-state index contributed by atoms with van der Waals surface area (Å²) in [5.41, 5.74) is 1.12. The molecule has 0 aliphatic carbocycles. The van der Waals surface area contributed by atoms with Crippen molar-refractivity contribution in [3.8, 4) is 17.1 Å². The van der Waals surface area contributed by atoms with Crippen LogP contribution in [-0.4, -0.2) is 33.0 Å². The summed E-state index contributed by atoms with van der Waals surface area (Å²) < 4.78 is 8.84. The van der Waals surface area contributed by atoms with Gasteiger partial charge in [-0.2, -0.15) is 0 Å². The molecule has 0 saturated carbocycles. The molecule has 3 aromatic rings. The Labute approximate surface area is 169 Å². The van der Waals surface area contributed by atoms with Gasteiger partial charge in [0.2, 0.25) is 4.77 Å². The van der Waals surface area contributed by atoms with Crippen LogP contribution in [0.1, 0.15) is 0 Å². The summed E-state index contributed by atoms with van der Waals surface area (Å²) in [5, 5.41) is 16.3. The number of rotatable bonds is 6. The van der Waals surface area contributed by atoms with Crippen molar-refractivity contribution in [3.05, 3.63) is 67.4 Å². The molecule has 1 aromatic heterocycles. The number of nitro benzene ring substituents is 1. The maximum atomic E-state index is 10.9. The highest BCUT2D eigenvalue weighted by Crippen LogP contribution is 2.28. The van der Waals surface area contributed by atoms with Crippen molar-refractivity contribution in [1.82, 2.24) is 14.3 Å². The molecular formula is C17H14Cl2N4O3S. The van der Waals surface area contributed by atoms with Crippen LogP contribution in [0.25, 0.3) is 17.1 Å². The molecular weight excluding hydrogens is 411 g/mol. The Morgan fingerprint density at radius 1 is 1.26 bits per heavy atom. The Hall–Kier alpha value is -2.26. The molecule has 0 amide bonds. The third-order valence-electron chi connectivity index (χ3n) is 3.83. The normalized spacial score (nSPS) is 10.9. The zero-order valence-electron chi connectivity index (χ0n) is 14.1. The molecule has 2 aromatic carbocycles. The van der Waals surface area contributed by atoms with E-state index in [9.17, 15) is 10.1 Å². The first kappa shape index (κ1) is 19.5. The largest absolute Gasteiger partial charge is 0.383 e. The lowest BCUT2D eigenvalue weighted by Crippen LogP contribution is -2.07. The standard InChI is InChI=1S/C17H14Cl2N4O3S/c1-26-8-7-21-16(11-3-2-4-12(18)9-11)20-22(17(21)27)15-6-5-13(23(24)25)10-14(15)19/h2-6,9-10H,7-8H2,1H3. The van der Waals surface area contributed by atoms with Gasteiger partial charge in [0.15, 0.2) is 5.82 Å². The van der Waals surface area contributed by atoms with E-state index in [2.05, 4.69) is 5.10 Å². The van der Waals surface area contributed by atoms with Crippen molar-refractivity contribution in [1.29, 1.82) is 0 Å². The Bertz CT molecular complexity index is 1060. The monoisotopic (exact) mass is 424 g/mol. The Morgan fingerprint density at radius 2 is 2.04 bits per heavy atom. The quantitative estimate of drug-likeness (QED) is 0.318. The van der Waals surface area contributed by atoms with Crippen molar-refractivity contribution in [2.75, 3.05) is 13.7 Å². The Balaban J connectivity index is 2.17. The van der Waals surface area contributed by atoms with Gasteiger partial charge in [-0.15, -0.1) is 5.10 Å². The summed E-state index contributed by atoms with van der Waals surface area (Å²) in [5.74, 6) is 0.592. The van der Waals surface area contributed by atoms with Crippen LogP contribution in [0.4, 0.5) is 5.69 Å². The van der Waals surface area contributed by atoms with Gasteiger partial charge in [0.25, 0.3) is 5.69 Å². The van der Waals surface area contributed by atoms with Crippen LogP contribution < -0.4 is 0 Å². The molecule has 7 nitrogen and oxygen atoms in total. The van der Waals surface area contributed by atoms with Gasteiger partial charge < -0.3 is 4.74 Å². The van der Waals surface area contributed by atoms with Crippen molar-refractivity contribution in [2.45, 2.75) is 6.54 Å². The molecule has 0 aliphatic heterocycles. The van der Waals surface area contributed by atoms with Gasteiger partial charge in [-0.25, -0.2) is 4.68 Å². The number of halogens is 2. The minimum absolute atomic E-state index is 0.107. The summed E-state index contributed by atoms with van der Waals surface area (Å²) in [7, 11) is 1.60. The number of methoxy groups -OCH3 is 1. The highest BCUT2D eigenvalue weighted by Gasteiger charge is 2.17. The maximum absolute atomic E-state index is 10.9. The van der Waals surface area contributed by atoms with Crippen LogP contribution in [0, 0.1) is 14.9 Å². The van der Waals surface area contributed by atoms with Crippen molar-refractivity contribution < 1.29 is 9.66 Å². The zero-order valence-corrected chi connectivity index (χ0v) is 16.5. The van der Waals surface area contributed by atoms with Gasteiger partial charge in [-0.05, 0) is 30.4 Å². The van der Waals surface area contributed by atoms with Crippen LogP contribution in [0.3, 0.4) is 0 Å². The van der Waals surface area contributed by atoms with Crippen molar-refractivity contribution in [3.63, 3.8) is 0 Å². The predicted octanol–water partition coefficient (Wildman–Crippen LogP) is 4.93. The van der Waals surface area contributed by atoms with Crippen molar-refractivity contribution >= 4 is 41.1 Å². The molecule has 0 N–H and O–H groups in total. The summed E-state index contributed by atoms with van der Waals surface area (Å²) >= 11 is 17.9. The number of nitrogens with zero attached hydrogens (tertiary/aromatic N) is 4. The molecule has 27 heavy (non-hydrogen) atoms. The minimum atomic E-state index is -0.510. The van der Waals surface area contributed by atoms with Gasteiger partial charge >= 0.3 is 0 Å². The molecule has 0 fully saturated rings. The van der Waals surface area contributed by atoms with E-state index in [0.717, 1.165) is 5.56 Å². The summed E-state index contributed by atoms with van der Waals surface area (Å²) in [6, 6.07) is 11.4. The summed E-state index contributed by atoms with van der Waals surface area (Å²) in [4.78, 5) is 10.4. The molecule has 0 aliphatic rings. The number of ether oxygens (including phenoxy) is 1. The van der Waals surface area contributed by atoms with E-state index in [4.69, 9.17) is 40.2 Å². The Morgan fingerprint density at radius 3 is 2.67 bits per heavy atom. The molecule has 0 spiro atoms. The van der Waals surface area contributed by atoms with Gasteiger partial charge in [-0.3, -0.25) is 14.7 Å². The molecule has 1 heterocycles. The number of aromatic nitrogens is 3. The van der Waals surface area contributed by atoms with E-state index in [1.54, 1.807) is 19.2 Å². The Kier molecular flexibility index (Phi) is 5.91. The fourth-order valence-corrected chi connectivity index (χ4v) is 3.32. The van der Waals surface area contributed by atoms with E-state index in [1.165, 1.54) is 22.9 Å². The lowest BCUT2D eigenvalue weighted by molar-refractivity contribution is -0.384. The predicted molar refractivity (Wildman–Crippen MR) is 106 cm³/mol. The van der Waals surface area contributed by atoms with E-state index < -0.39 is 4.92 Å². The zero-order chi connectivity index (χ0) is 19.6. The van der Waals surface area contributed by atoms with Gasteiger partial charge in [-0.1, -0.05) is 35.3 Å². The van der Waals surface area contributed by atoms with E-state index in [0.29, 0.717) is 34.5 Å². The molecule has 140 valence electrons. The van der Waals surface area contributed by atoms with Gasteiger partial charge in [0.05, 0.1) is 28.8 Å². The maximum Gasteiger partial charge on any atom is 0.271 e. The number of benzene rings is 2. The first-order valence-electron chi connectivity index (χ1n) is 7.81. The molecule has 0 bridgehead atoms. The highest BCUT2D eigenvalue weighted by atomic mass is 35.5. The fraction of sp³-hybridized carbons (Fsp3) is 0.176. The van der Waals surface area contributed by atoms with Crippen LogP contribution in [-0.2, 0) is 11.3 Å². The first-order valence-corrected chi connectivity index (χ1v) is 8.98. The van der Waals surface area contributed by atoms with E-state index in [1.807, 2.05) is 16.7 Å². The average Bonchev–Trinajstić information content (AvgIpc) is 2.96. The van der Waals surface area contributed by atoms with Crippen molar-refractivity contribution in [2.24, 2.45) is 0 Å². The lowest BCUT2D eigenvalue weighted by Gasteiger charge is -2.06. The average molecular weight is 425 g/mol. The first-order chi connectivity index (χ1) is 12.9.